The second kappa shape index (κ2) is 5.78. The molecule has 0 radical (unpaired) electrons. The number of carbonyl (C=O) groups is 2. The molecule has 122 valence electrons. The second-order valence-electron chi connectivity index (χ2n) is 6.64. The third-order valence-corrected chi connectivity index (χ3v) is 4.94. The van der Waals surface area contributed by atoms with E-state index in [2.05, 4.69) is 19.1 Å². The van der Waals surface area contributed by atoms with Crippen LogP contribution in [0, 0.1) is 6.92 Å². The summed E-state index contributed by atoms with van der Waals surface area (Å²) in [7, 11) is 0. The zero-order valence-corrected chi connectivity index (χ0v) is 13.7. The minimum absolute atomic E-state index is 0.0142. The first-order chi connectivity index (χ1) is 11.6. The molecule has 1 saturated heterocycles. The van der Waals surface area contributed by atoms with Gasteiger partial charge in [0.15, 0.2) is 0 Å². The van der Waals surface area contributed by atoms with E-state index in [9.17, 15) is 9.59 Å². The Morgan fingerprint density at radius 3 is 2.71 bits per heavy atom. The van der Waals surface area contributed by atoms with Crippen LogP contribution in [0.5, 0.6) is 0 Å². The Hall–Kier alpha value is -2.62. The zero-order valence-electron chi connectivity index (χ0n) is 13.7. The molecule has 2 aromatic carbocycles. The van der Waals surface area contributed by atoms with E-state index in [-0.39, 0.29) is 24.4 Å². The summed E-state index contributed by atoms with van der Waals surface area (Å²) in [6.45, 7) is 2.83. The van der Waals surface area contributed by atoms with E-state index in [0.29, 0.717) is 12.1 Å². The highest BCUT2D eigenvalue weighted by atomic mass is 16.2. The summed E-state index contributed by atoms with van der Waals surface area (Å²) in [5.41, 5.74) is 4.12. The van der Waals surface area contributed by atoms with Crippen LogP contribution in [0.4, 0.5) is 5.69 Å². The minimum atomic E-state index is -0.0571. The number of piperazine rings is 1. The van der Waals surface area contributed by atoms with Crippen molar-refractivity contribution in [3.05, 3.63) is 65.2 Å². The number of benzene rings is 2. The van der Waals surface area contributed by atoms with Gasteiger partial charge in [-0.05, 0) is 43.5 Å². The van der Waals surface area contributed by atoms with Crippen LogP contribution in [-0.4, -0.2) is 35.8 Å². The number of hydrogen-bond acceptors (Lipinski definition) is 2. The molecule has 1 unspecified atom stereocenters. The molecule has 0 bridgehead atoms. The molecule has 1 fully saturated rings. The summed E-state index contributed by atoms with van der Waals surface area (Å²) in [4.78, 5) is 29.0. The van der Waals surface area contributed by atoms with E-state index in [1.165, 1.54) is 11.1 Å². The van der Waals surface area contributed by atoms with Crippen molar-refractivity contribution < 1.29 is 9.59 Å². The normalized spacial score (nSPS) is 19.7. The minimum Gasteiger partial charge on any atom is -0.327 e. The van der Waals surface area contributed by atoms with Crippen molar-refractivity contribution in [2.45, 2.75) is 25.8 Å². The van der Waals surface area contributed by atoms with Gasteiger partial charge >= 0.3 is 0 Å². The first-order valence-corrected chi connectivity index (χ1v) is 8.39. The van der Waals surface area contributed by atoms with Crippen molar-refractivity contribution in [2.75, 3.05) is 18.0 Å². The van der Waals surface area contributed by atoms with Crippen molar-refractivity contribution in [3.8, 4) is 0 Å². The van der Waals surface area contributed by atoms with Gasteiger partial charge in [0, 0.05) is 17.8 Å². The van der Waals surface area contributed by atoms with Gasteiger partial charge in [-0.3, -0.25) is 9.59 Å². The molecule has 2 aromatic rings. The predicted octanol–water partition coefficient (Wildman–Crippen LogP) is 2.80. The van der Waals surface area contributed by atoms with E-state index in [0.717, 1.165) is 18.5 Å². The average molecular weight is 320 g/mol. The number of nitrogens with zero attached hydrogens (tertiary/aromatic N) is 2. The van der Waals surface area contributed by atoms with Gasteiger partial charge in [-0.15, -0.1) is 0 Å². The number of hydrogen-bond donors (Lipinski definition) is 0. The molecular formula is C20H20N2O2. The number of rotatable bonds is 1. The lowest BCUT2D eigenvalue weighted by Crippen LogP contribution is -2.59. The van der Waals surface area contributed by atoms with E-state index < -0.39 is 0 Å². The molecule has 0 N–H and O–H groups in total. The van der Waals surface area contributed by atoms with Crippen LogP contribution in [-0.2, 0) is 11.2 Å². The summed E-state index contributed by atoms with van der Waals surface area (Å²) in [6, 6.07) is 15.5. The molecule has 2 aliphatic rings. The molecule has 4 nitrogen and oxygen atoms in total. The Balaban J connectivity index is 1.60. The number of anilines is 1. The molecule has 0 aliphatic carbocycles. The fraction of sp³-hybridized carbons (Fsp3) is 0.300. The van der Waals surface area contributed by atoms with E-state index in [1.807, 2.05) is 29.2 Å². The number of amides is 2. The monoisotopic (exact) mass is 320 g/mol. The van der Waals surface area contributed by atoms with Gasteiger partial charge < -0.3 is 9.80 Å². The fourth-order valence-corrected chi connectivity index (χ4v) is 3.78. The summed E-state index contributed by atoms with van der Waals surface area (Å²) in [6.07, 6.45) is 1.86. The first-order valence-electron chi connectivity index (χ1n) is 8.39. The maximum absolute atomic E-state index is 12.8. The van der Waals surface area contributed by atoms with Crippen LogP contribution >= 0.6 is 0 Å². The molecular weight excluding hydrogens is 300 g/mol. The Kier molecular flexibility index (Phi) is 3.60. The van der Waals surface area contributed by atoms with Gasteiger partial charge in [-0.25, -0.2) is 0 Å². The Morgan fingerprint density at radius 2 is 1.92 bits per heavy atom. The number of aryl methyl sites for hydroxylation is 2. The van der Waals surface area contributed by atoms with Crippen molar-refractivity contribution >= 4 is 17.5 Å². The topological polar surface area (TPSA) is 40.6 Å². The quantitative estimate of drug-likeness (QED) is 0.811. The summed E-state index contributed by atoms with van der Waals surface area (Å²) < 4.78 is 0. The molecule has 2 heterocycles. The molecule has 2 aliphatic heterocycles. The number of fused-ring (bicyclic) bond motifs is 3. The van der Waals surface area contributed by atoms with Gasteiger partial charge in [0.2, 0.25) is 5.91 Å². The van der Waals surface area contributed by atoms with Crippen molar-refractivity contribution in [3.63, 3.8) is 0 Å². The highest BCUT2D eigenvalue weighted by molar-refractivity contribution is 6.02. The summed E-state index contributed by atoms with van der Waals surface area (Å²) in [5, 5.41) is 0. The van der Waals surface area contributed by atoms with Crippen LogP contribution < -0.4 is 4.90 Å². The predicted molar refractivity (Wildman–Crippen MR) is 93.1 cm³/mol. The van der Waals surface area contributed by atoms with Crippen LogP contribution in [0.2, 0.25) is 0 Å². The molecule has 0 aromatic heterocycles. The largest absolute Gasteiger partial charge is 0.327 e. The van der Waals surface area contributed by atoms with Crippen LogP contribution in [0.3, 0.4) is 0 Å². The van der Waals surface area contributed by atoms with E-state index in [1.54, 1.807) is 17.0 Å². The molecule has 0 saturated carbocycles. The number of carbonyl (C=O) groups excluding carboxylic acids is 2. The van der Waals surface area contributed by atoms with Crippen LogP contribution in [0.15, 0.2) is 48.5 Å². The lowest BCUT2D eigenvalue weighted by Gasteiger charge is -2.44. The van der Waals surface area contributed by atoms with Crippen molar-refractivity contribution in [2.24, 2.45) is 0 Å². The Bertz CT molecular complexity index is 801. The Morgan fingerprint density at radius 1 is 1.12 bits per heavy atom. The maximum Gasteiger partial charge on any atom is 0.254 e. The summed E-state index contributed by atoms with van der Waals surface area (Å²) in [5.74, 6) is -0.0429. The van der Waals surface area contributed by atoms with Crippen molar-refractivity contribution in [1.82, 2.24) is 4.90 Å². The van der Waals surface area contributed by atoms with Gasteiger partial charge in [0.05, 0.1) is 6.04 Å². The zero-order chi connectivity index (χ0) is 16.7. The van der Waals surface area contributed by atoms with E-state index in [4.69, 9.17) is 0 Å². The summed E-state index contributed by atoms with van der Waals surface area (Å²) >= 11 is 0. The molecule has 0 spiro atoms. The molecule has 24 heavy (non-hydrogen) atoms. The highest BCUT2D eigenvalue weighted by Crippen LogP contribution is 2.34. The van der Waals surface area contributed by atoms with Crippen LogP contribution in [0.1, 0.15) is 27.9 Å². The maximum atomic E-state index is 12.8. The molecule has 4 heteroatoms. The lowest BCUT2D eigenvalue weighted by atomic mass is 9.92. The van der Waals surface area contributed by atoms with Gasteiger partial charge in [-0.2, -0.15) is 0 Å². The SMILES string of the molecule is Cc1ccc2c(c1)CCC1CN(C(=O)c3ccccc3)CC(=O)N21. The van der Waals surface area contributed by atoms with Gasteiger partial charge in [0.25, 0.3) is 5.91 Å². The smallest absolute Gasteiger partial charge is 0.254 e. The second-order valence-corrected chi connectivity index (χ2v) is 6.64. The van der Waals surface area contributed by atoms with Gasteiger partial charge in [0.1, 0.15) is 6.54 Å². The molecule has 4 rings (SSSR count). The van der Waals surface area contributed by atoms with Crippen LogP contribution in [0.25, 0.3) is 0 Å². The molecule has 2 amide bonds. The van der Waals surface area contributed by atoms with Gasteiger partial charge in [-0.1, -0.05) is 35.9 Å². The standard InChI is InChI=1S/C20H20N2O2/c1-14-7-10-18-16(11-14)8-9-17-12-21(13-19(23)22(17)18)20(24)15-5-3-2-4-6-15/h2-7,10-11,17H,8-9,12-13H2,1H3. The molecule has 1 atom stereocenters. The highest BCUT2D eigenvalue weighted by Gasteiger charge is 2.38. The average Bonchev–Trinajstić information content (AvgIpc) is 2.61. The first kappa shape index (κ1) is 14.9. The third-order valence-electron chi connectivity index (χ3n) is 4.94. The van der Waals surface area contributed by atoms with Crippen molar-refractivity contribution in [1.29, 1.82) is 0 Å². The lowest BCUT2D eigenvalue weighted by molar-refractivity contribution is -0.121. The van der Waals surface area contributed by atoms with E-state index >= 15 is 0 Å². The fourth-order valence-electron chi connectivity index (χ4n) is 3.78. The third kappa shape index (κ3) is 2.48. The Labute approximate surface area is 141 Å².